The first-order valence-electron chi connectivity index (χ1n) is 7.14. The summed E-state index contributed by atoms with van der Waals surface area (Å²) in [4.78, 5) is 27.2. The van der Waals surface area contributed by atoms with Crippen LogP contribution in [0.25, 0.3) is 10.9 Å². The largest absolute Gasteiger partial charge is 0.481 e. The number of hydrogen-bond acceptors (Lipinski definition) is 2. The molecule has 1 aromatic heterocycles. The molecule has 1 heterocycles. The number of aliphatic carboxylic acids is 1. The minimum atomic E-state index is -1.000. The summed E-state index contributed by atoms with van der Waals surface area (Å²) < 4.78 is 0.875. The number of carboxylic acids is 1. The number of carboxylic acid groups (broad SMARTS) is 1. The number of para-hydroxylation sites is 1. The van der Waals surface area contributed by atoms with E-state index >= 15 is 0 Å². The Labute approximate surface area is 141 Å². The van der Waals surface area contributed by atoms with Crippen LogP contribution in [0.4, 0.5) is 0 Å². The van der Waals surface area contributed by atoms with E-state index in [9.17, 15) is 14.7 Å². The number of hydrogen-bond donors (Lipinski definition) is 2. The summed E-state index contributed by atoms with van der Waals surface area (Å²) in [5, 5.41) is 10.4. The topological polar surface area (TPSA) is 70.2 Å². The maximum absolute atomic E-state index is 12.4. The molecule has 2 N–H and O–H groups in total. The lowest BCUT2D eigenvalue weighted by molar-refractivity contribution is -0.138. The van der Waals surface area contributed by atoms with Crippen LogP contribution in [-0.4, -0.2) is 21.8 Å². The Morgan fingerprint density at radius 2 is 1.78 bits per heavy atom. The first kappa shape index (κ1) is 15.5. The normalized spacial score (nSPS) is 12.2. The van der Waals surface area contributed by atoms with Crippen LogP contribution < -0.4 is 0 Å². The third-order valence-electron chi connectivity index (χ3n) is 3.85. The average molecular weight is 372 g/mol. The molecule has 1 unspecified atom stereocenters. The molecule has 0 saturated carbocycles. The number of halogens is 1. The highest BCUT2D eigenvalue weighted by Crippen LogP contribution is 2.29. The molecule has 0 bridgehead atoms. The van der Waals surface area contributed by atoms with E-state index in [0.29, 0.717) is 11.1 Å². The lowest BCUT2D eigenvalue weighted by atomic mass is 9.91. The minimum Gasteiger partial charge on any atom is -0.481 e. The SMILES string of the molecule is O=C(CC(C(=O)O)c1c[nH]c2ccccc12)c1ccc(Br)cc1. The van der Waals surface area contributed by atoms with Crippen LogP contribution in [0.2, 0.25) is 0 Å². The van der Waals surface area contributed by atoms with Gasteiger partial charge in [0.1, 0.15) is 0 Å². The second-order valence-corrected chi connectivity index (χ2v) is 6.23. The molecule has 3 aromatic rings. The second kappa shape index (κ2) is 6.38. The number of Topliss-reactive ketones (excluding diaryl/α,β-unsaturated/α-hetero) is 1. The van der Waals surface area contributed by atoms with Crippen LogP contribution >= 0.6 is 15.9 Å². The van der Waals surface area contributed by atoms with E-state index in [1.165, 1.54) is 0 Å². The number of aromatic amines is 1. The minimum absolute atomic E-state index is 0.0706. The van der Waals surface area contributed by atoms with Gasteiger partial charge in [-0.15, -0.1) is 0 Å². The highest BCUT2D eigenvalue weighted by atomic mass is 79.9. The van der Waals surface area contributed by atoms with E-state index in [1.54, 1.807) is 30.5 Å². The molecule has 0 spiro atoms. The van der Waals surface area contributed by atoms with E-state index in [2.05, 4.69) is 20.9 Å². The van der Waals surface area contributed by atoms with Crippen LogP contribution in [0.15, 0.2) is 59.2 Å². The van der Waals surface area contributed by atoms with Crippen molar-refractivity contribution in [3.63, 3.8) is 0 Å². The number of benzene rings is 2. The van der Waals surface area contributed by atoms with Crippen molar-refractivity contribution in [3.8, 4) is 0 Å². The summed E-state index contributed by atoms with van der Waals surface area (Å²) >= 11 is 3.32. The fourth-order valence-corrected chi connectivity index (χ4v) is 2.92. The van der Waals surface area contributed by atoms with E-state index in [-0.39, 0.29) is 12.2 Å². The smallest absolute Gasteiger partial charge is 0.311 e. The van der Waals surface area contributed by atoms with Gasteiger partial charge in [-0.3, -0.25) is 9.59 Å². The van der Waals surface area contributed by atoms with Crippen molar-refractivity contribution in [1.29, 1.82) is 0 Å². The number of ketones is 1. The van der Waals surface area contributed by atoms with E-state index in [0.717, 1.165) is 15.4 Å². The van der Waals surface area contributed by atoms with Gasteiger partial charge in [0.15, 0.2) is 5.78 Å². The molecule has 1 atom stereocenters. The van der Waals surface area contributed by atoms with Crippen molar-refractivity contribution < 1.29 is 14.7 Å². The Kier molecular flexibility index (Phi) is 4.30. The second-order valence-electron chi connectivity index (χ2n) is 5.31. The molecule has 0 aliphatic carbocycles. The Balaban J connectivity index is 1.92. The summed E-state index contributed by atoms with van der Waals surface area (Å²) in [6.07, 6.45) is 1.61. The molecule has 23 heavy (non-hydrogen) atoms. The van der Waals surface area contributed by atoms with Gasteiger partial charge < -0.3 is 10.1 Å². The van der Waals surface area contributed by atoms with Crippen LogP contribution in [0, 0.1) is 0 Å². The van der Waals surface area contributed by atoms with Crippen molar-refractivity contribution in [2.45, 2.75) is 12.3 Å². The van der Waals surface area contributed by atoms with Gasteiger partial charge in [0.25, 0.3) is 0 Å². The van der Waals surface area contributed by atoms with E-state index in [4.69, 9.17) is 0 Å². The molecule has 0 aliphatic rings. The predicted octanol–water partition coefficient (Wildman–Crippen LogP) is 4.37. The zero-order valence-electron chi connectivity index (χ0n) is 12.1. The van der Waals surface area contributed by atoms with Crippen LogP contribution in [0.1, 0.15) is 28.3 Å². The molecule has 0 amide bonds. The molecule has 4 nitrogen and oxygen atoms in total. The predicted molar refractivity (Wildman–Crippen MR) is 91.8 cm³/mol. The summed E-state index contributed by atoms with van der Waals surface area (Å²) in [6.45, 7) is 0. The molecular weight excluding hydrogens is 358 g/mol. The number of carbonyl (C=O) groups excluding carboxylic acids is 1. The molecule has 0 fully saturated rings. The van der Waals surface area contributed by atoms with Gasteiger partial charge in [0.05, 0.1) is 5.92 Å². The highest BCUT2D eigenvalue weighted by molar-refractivity contribution is 9.10. The molecule has 3 rings (SSSR count). The first-order valence-corrected chi connectivity index (χ1v) is 7.93. The maximum atomic E-state index is 12.4. The van der Waals surface area contributed by atoms with Gasteiger partial charge >= 0.3 is 5.97 Å². The Morgan fingerprint density at radius 3 is 2.48 bits per heavy atom. The van der Waals surface area contributed by atoms with E-state index in [1.807, 2.05) is 24.3 Å². The molecule has 116 valence electrons. The molecule has 0 saturated heterocycles. The molecule has 0 radical (unpaired) electrons. The number of aromatic nitrogens is 1. The fourth-order valence-electron chi connectivity index (χ4n) is 2.65. The van der Waals surface area contributed by atoms with Crippen molar-refractivity contribution >= 4 is 38.6 Å². The Bertz CT molecular complexity index is 867. The number of nitrogens with one attached hydrogen (secondary N) is 1. The lowest BCUT2D eigenvalue weighted by Crippen LogP contribution is -2.16. The monoisotopic (exact) mass is 371 g/mol. The van der Waals surface area contributed by atoms with Gasteiger partial charge in [-0.2, -0.15) is 0 Å². The molecule has 2 aromatic carbocycles. The van der Waals surface area contributed by atoms with Gasteiger partial charge in [-0.25, -0.2) is 0 Å². The standard InChI is InChI=1S/C18H14BrNO3/c19-12-7-5-11(6-8-12)17(21)9-14(18(22)23)15-10-20-16-4-2-1-3-13(15)16/h1-8,10,14,20H,9H2,(H,22,23). The molecule has 0 aliphatic heterocycles. The fraction of sp³-hybridized carbons (Fsp3) is 0.111. The summed E-state index contributed by atoms with van der Waals surface area (Å²) in [6, 6.07) is 14.4. The molecule has 5 heteroatoms. The zero-order valence-corrected chi connectivity index (χ0v) is 13.7. The quantitative estimate of drug-likeness (QED) is 0.654. The maximum Gasteiger partial charge on any atom is 0.311 e. The number of H-pyrrole nitrogens is 1. The lowest BCUT2D eigenvalue weighted by Gasteiger charge is -2.11. The third kappa shape index (κ3) is 3.19. The van der Waals surface area contributed by atoms with Gasteiger partial charge in [0, 0.05) is 33.6 Å². The molecular formula is C18H14BrNO3. The summed E-state index contributed by atoms with van der Waals surface area (Å²) in [5.41, 5.74) is 2.02. The number of rotatable bonds is 5. The zero-order chi connectivity index (χ0) is 16.4. The van der Waals surface area contributed by atoms with Crippen LogP contribution in [-0.2, 0) is 4.79 Å². The average Bonchev–Trinajstić information content (AvgIpc) is 2.96. The number of carbonyl (C=O) groups is 2. The summed E-state index contributed by atoms with van der Waals surface area (Å²) in [5.74, 6) is -2.06. The van der Waals surface area contributed by atoms with Crippen molar-refractivity contribution in [1.82, 2.24) is 4.98 Å². The van der Waals surface area contributed by atoms with Crippen LogP contribution in [0.3, 0.4) is 0 Å². The van der Waals surface area contributed by atoms with Crippen molar-refractivity contribution in [2.75, 3.05) is 0 Å². The van der Waals surface area contributed by atoms with Gasteiger partial charge in [0.2, 0.25) is 0 Å². The summed E-state index contributed by atoms with van der Waals surface area (Å²) in [7, 11) is 0. The third-order valence-corrected chi connectivity index (χ3v) is 4.38. The van der Waals surface area contributed by atoms with Crippen molar-refractivity contribution in [3.05, 3.63) is 70.3 Å². The highest BCUT2D eigenvalue weighted by Gasteiger charge is 2.26. The van der Waals surface area contributed by atoms with Crippen molar-refractivity contribution in [2.24, 2.45) is 0 Å². The number of fused-ring (bicyclic) bond motifs is 1. The Morgan fingerprint density at radius 1 is 1.09 bits per heavy atom. The van der Waals surface area contributed by atoms with E-state index < -0.39 is 11.9 Å². The van der Waals surface area contributed by atoms with Crippen LogP contribution in [0.5, 0.6) is 0 Å². The van der Waals surface area contributed by atoms with Gasteiger partial charge in [-0.05, 0) is 23.8 Å². The first-order chi connectivity index (χ1) is 11.1. The van der Waals surface area contributed by atoms with Gasteiger partial charge in [-0.1, -0.05) is 46.3 Å². The Hall–Kier alpha value is -2.40.